The first-order chi connectivity index (χ1) is 12.2. The van der Waals surface area contributed by atoms with Gasteiger partial charge in [-0.25, -0.2) is 9.37 Å². The first kappa shape index (κ1) is 15.6. The van der Waals surface area contributed by atoms with E-state index in [2.05, 4.69) is 4.98 Å². The van der Waals surface area contributed by atoms with Crippen LogP contribution in [0.15, 0.2) is 67.3 Å². The molecule has 0 radical (unpaired) electrons. The maximum absolute atomic E-state index is 14.0. The van der Waals surface area contributed by atoms with E-state index in [0.717, 1.165) is 18.5 Å². The smallest absolute Gasteiger partial charge is 0.254 e. The molecule has 0 bridgehead atoms. The molecule has 0 aliphatic heterocycles. The predicted octanol–water partition coefficient (Wildman–Crippen LogP) is 3.82. The third-order valence-electron chi connectivity index (χ3n) is 4.46. The van der Waals surface area contributed by atoms with Crippen molar-refractivity contribution in [2.75, 3.05) is 0 Å². The molecular weight excluding hydrogens is 317 g/mol. The van der Waals surface area contributed by atoms with Crippen LogP contribution in [0.4, 0.5) is 4.39 Å². The molecule has 1 aliphatic rings. The lowest BCUT2D eigenvalue weighted by Gasteiger charge is -2.23. The molecule has 0 spiro atoms. The highest BCUT2D eigenvalue weighted by atomic mass is 19.1. The molecule has 1 aromatic heterocycles. The van der Waals surface area contributed by atoms with E-state index >= 15 is 0 Å². The fourth-order valence-electron chi connectivity index (χ4n) is 2.92. The Morgan fingerprint density at radius 1 is 1.16 bits per heavy atom. The van der Waals surface area contributed by atoms with Crippen LogP contribution in [0.25, 0.3) is 5.69 Å². The molecule has 2 aromatic carbocycles. The highest BCUT2D eigenvalue weighted by Crippen LogP contribution is 2.30. The molecule has 4 rings (SSSR count). The zero-order chi connectivity index (χ0) is 17.2. The average molecular weight is 335 g/mol. The van der Waals surface area contributed by atoms with Gasteiger partial charge in [0.2, 0.25) is 0 Å². The van der Waals surface area contributed by atoms with Gasteiger partial charge in [0, 0.05) is 41.8 Å². The molecule has 25 heavy (non-hydrogen) atoms. The minimum Gasteiger partial charge on any atom is -0.331 e. The minimum absolute atomic E-state index is 0.0528. The summed E-state index contributed by atoms with van der Waals surface area (Å²) in [7, 11) is 0. The number of halogens is 1. The van der Waals surface area contributed by atoms with Gasteiger partial charge < -0.3 is 9.47 Å². The molecule has 0 unspecified atom stereocenters. The molecule has 1 amide bonds. The van der Waals surface area contributed by atoms with Crippen LogP contribution in [0, 0.1) is 5.82 Å². The zero-order valence-electron chi connectivity index (χ0n) is 13.7. The van der Waals surface area contributed by atoms with Crippen molar-refractivity contribution in [3.63, 3.8) is 0 Å². The maximum atomic E-state index is 14.0. The summed E-state index contributed by atoms with van der Waals surface area (Å²) in [6.07, 6.45) is 7.24. The Labute approximate surface area is 145 Å². The van der Waals surface area contributed by atoms with Crippen molar-refractivity contribution in [1.82, 2.24) is 14.5 Å². The van der Waals surface area contributed by atoms with E-state index < -0.39 is 0 Å². The third kappa shape index (κ3) is 3.31. The van der Waals surface area contributed by atoms with Crippen molar-refractivity contribution in [3.8, 4) is 5.69 Å². The molecule has 126 valence electrons. The Hall–Kier alpha value is -2.95. The molecule has 4 nitrogen and oxygen atoms in total. The number of amides is 1. The van der Waals surface area contributed by atoms with Crippen molar-refractivity contribution < 1.29 is 9.18 Å². The summed E-state index contributed by atoms with van der Waals surface area (Å²) in [4.78, 5) is 18.7. The van der Waals surface area contributed by atoms with E-state index in [1.54, 1.807) is 35.6 Å². The molecule has 1 heterocycles. The van der Waals surface area contributed by atoms with Crippen molar-refractivity contribution in [2.24, 2.45) is 0 Å². The third-order valence-corrected chi connectivity index (χ3v) is 4.46. The second kappa shape index (κ2) is 6.51. The van der Waals surface area contributed by atoms with Gasteiger partial charge in [-0.1, -0.05) is 18.2 Å². The van der Waals surface area contributed by atoms with Gasteiger partial charge in [-0.2, -0.15) is 0 Å². The van der Waals surface area contributed by atoms with Crippen LogP contribution in [0.3, 0.4) is 0 Å². The molecule has 1 fully saturated rings. The number of hydrogen-bond acceptors (Lipinski definition) is 2. The first-order valence-corrected chi connectivity index (χ1v) is 8.35. The summed E-state index contributed by atoms with van der Waals surface area (Å²) in [5.41, 5.74) is 2.12. The zero-order valence-corrected chi connectivity index (χ0v) is 13.7. The van der Waals surface area contributed by atoms with Gasteiger partial charge in [0.05, 0.1) is 6.33 Å². The van der Waals surface area contributed by atoms with E-state index in [0.29, 0.717) is 17.7 Å². The van der Waals surface area contributed by atoms with Crippen molar-refractivity contribution in [1.29, 1.82) is 0 Å². The SMILES string of the molecule is O=C(c1ccc(-n2ccnc2)cc1)N(Cc1ccccc1F)C1CC1. The van der Waals surface area contributed by atoms with Crippen LogP contribution in [-0.4, -0.2) is 26.4 Å². The summed E-state index contributed by atoms with van der Waals surface area (Å²) < 4.78 is 15.8. The van der Waals surface area contributed by atoms with Crippen LogP contribution in [0.2, 0.25) is 0 Å². The molecule has 1 aliphatic carbocycles. The number of nitrogens with zero attached hydrogens (tertiary/aromatic N) is 3. The largest absolute Gasteiger partial charge is 0.331 e. The Kier molecular flexibility index (Phi) is 4.06. The predicted molar refractivity (Wildman–Crippen MR) is 92.9 cm³/mol. The fourth-order valence-corrected chi connectivity index (χ4v) is 2.92. The summed E-state index contributed by atoms with van der Waals surface area (Å²) in [6, 6.07) is 14.3. The van der Waals surface area contributed by atoms with Gasteiger partial charge in [0.1, 0.15) is 5.82 Å². The van der Waals surface area contributed by atoms with Gasteiger partial charge in [0.15, 0.2) is 0 Å². The molecule has 0 atom stereocenters. The summed E-state index contributed by atoms with van der Waals surface area (Å²) in [5.74, 6) is -0.320. The first-order valence-electron chi connectivity index (χ1n) is 8.35. The number of aromatic nitrogens is 2. The number of carbonyl (C=O) groups excluding carboxylic acids is 1. The Balaban J connectivity index is 1.56. The lowest BCUT2D eigenvalue weighted by atomic mass is 10.1. The summed E-state index contributed by atoms with van der Waals surface area (Å²) in [5, 5.41) is 0. The average Bonchev–Trinajstić information content (AvgIpc) is 3.33. The van der Waals surface area contributed by atoms with Crippen LogP contribution in [0.5, 0.6) is 0 Å². The number of rotatable bonds is 5. The van der Waals surface area contributed by atoms with Crippen molar-refractivity contribution in [2.45, 2.75) is 25.4 Å². The minimum atomic E-state index is -0.267. The highest BCUT2D eigenvalue weighted by molar-refractivity contribution is 5.94. The van der Waals surface area contributed by atoms with Crippen molar-refractivity contribution >= 4 is 5.91 Å². The number of hydrogen-bond donors (Lipinski definition) is 0. The van der Waals surface area contributed by atoms with E-state index in [-0.39, 0.29) is 17.8 Å². The Morgan fingerprint density at radius 2 is 1.92 bits per heavy atom. The second-order valence-electron chi connectivity index (χ2n) is 6.27. The molecular formula is C20H18FN3O. The monoisotopic (exact) mass is 335 g/mol. The van der Waals surface area contributed by atoms with Crippen LogP contribution < -0.4 is 0 Å². The van der Waals surface area contributed by atoms with Crippen LogP contribution in [0.1, 0.15) is 28.8 Å². The lowest BCUT2D eigenvalue weighted by Crippen LogP contribution is -2.32. The molecule has 5 heteroatoms. The van der Waals surface area contributed by atoms with E-state index in [9.17, 15) is 9.18 Å². The highest BCUT2D eigenvalue weighted by Gasteiger charge is 2.33. The Bertz CT molecular complexity index is 870. The van der Waals surface area contributed by atoms with E-state index in [4.69, 9.17) is 0 Å². The van der Waals surface area contributed by atoms with Gasteiger partial charge in [-0.05, 0) is 43.2 Å². The van der Waals surface area contributed by atoms with E-state index in [1.807, 2.05) is 35.0 Å². The number of carbonyl (C=O) groups is 1. The lowest BCUT2D eigenvalue weighted by molar-refractivity contribution is 0.0728. The molecule has 1 saturated carbocycles. The van der Waals surface area contributed by atoms with Crippen LogP contribution >= 0.6 is 0 Å². The van der Waals surface area contributed by atoms with Gasteiger partial charge in [-0.3, -0.25) is 4.79 Å². The van der Waals surface area contributed by atoms with Gasteiger partial charge in [0.25, 0.3) is 5.91 Å². The topological polar surface area (TPSA) is 38.1 Å². The standard InChI is InChI=1S/C20H18FN3O/c21-19-4-2-1-3-16(19)13-24(18-9-10-18)20(25)15-5-7-17(8-6-15)23-12-11-22-14-23/h1-8,11-12,14,18H,9-10,13H2. The number of imidazole rings is 1. The quantitative estimate of drug-likeness (QED) is 0.711. The van der Waals surface area contributed by atoms with Gasteiger partial charge >= 0.3 is 0 Å². The molecule has 0 N–H and O–H groups in total. The van der Waals surface area contributed by atoms with Crippen molar-refractivity contribution in [3.05, 3.63) is 84.2 Å². The second-order valence-corrected chi connectivity index (χ2v) is 6.27. The molecule has 3 aromatic rings. The fraction of sp³-hybridized carbons (Fsp3) is 0.200. The Morgan fingerprint density at radius 3 is 2.56 bits per heavy atom. The van der Waals surface area contributed by atoms with E-state index in [1.165, 1.54) is 6.07 Å². The molecule has 0 saturated heterocycles. The van der Waals surface area contributed by atoms with Gasteiger partial charge in [-0.15, -0.1) is 0 Å². The maximum Gasteiger partial charge on any atom is 0.254 e. The number of benzene rings is 2. The normalized spacial score (nSPS) is 13.6. The summed E-state index contributed by atoms with van der Waals surface area (Å²) in [6.45, 7) is 0.305. The van der Waals surface area contributed by atoms with Crippen LogP contribution in [-0.2, 0) is 6.54 Å². The summed E-state index contributed by atoms with van der Waals surface area (Å²) >= 11 is 0.